The van der Waals surface area contributed by atoms with Crippen molar-refractivity contribution in [3.8, 4) is 0 Å². The van der Waals surface area contributed by atoms with Gasteiger partial charge in [-0.3, -0.25) is 0 Å². The van der Waals surface area contributed by atoms with Gasteiger partial charge in [-0.2, -0.15) is 15.0 Å². The van der Waals surface area contributed by atoms with Gasteiger partial charge in [-0.05, 0) is 55.1 Å². The van der Waals surface area contributed by atoms with Gasteiger partial charge in [0.25, 0.3) is 0 Å². The number of nitrogens with zero attached hydrogens (tertiary/aromatic N) is 4. The molecular formula is C14H15BrClN5. The molecule has 0 unspecified atom stereocenters. The first-order valence-corrected chi connectivity index (χ1v) is 7.98. The second-order valence-electron chi connectivity index (χ2n) is 5.06. The molecule has 110 valence electrons. The molecule has 0 atom stereocenters. The van der Waals surface area contributed by atoms with Crippen LogP contribution in [-0.2, 0) is 0 Å². The summed E-state index contributed by atoms with van der Waals surface area (Å²) in [7, 11) is 0. The lowest BCUT2D eigenvalue weighted by molar-refractivity contribution is 0.883. The number of nitrogens with one attached hydrogen (secondary N) is 1. The van der Waals surface area contributed by atoms with Gasteiger partial charge < -0.3 is 10.2 Å². The molecule has 1 aliphatic heterocycles. The Morgan fingerprint density at radius 2 is 1.90 bits per heavy atom. The van der Waals surface area contributed by atoms with E-state index in [2.05, 4.69) is 41.1 Å². The fourth-order valence-electron chi connectivity index (χ4n) is 2.39. The third-order valence-electron chi connectivity index (χ3n) is 3.28. The number of aryl methyl sites for hydroxylation is 1. The Kier molecular flexibility index (Phi) is 4.26. The smallest absolute Gasteiger partial charge is 0.233 e. The summed E-state index contributed by atoms with van der Waals surface area (Å²) in [4.78, 5) is 15.0. The first kappa shape index (κ1) is 14.5. The summed E-state index contributed by atoms with van der Waals surface area (Å²) in [5.41, 5.74) is 2.06. The van der Waals surface area contributed by atoms with Gasteiger partial charge in [0, 0.05) is 23.2 Å². The summed E-state index contributed by atoms with van der Waals surface area (Å²) in [6, 6.07) is 6.04. The molecule has 1 N–H and O–H groups in total. The molecule has 1 aromatic carbocycles. The van der Waals surface area contributed by atoms with Crippen LogP contribution in [-0.4, -0.2) is 28.0 Å². The standard InChI is InChI=1S/C14H15BrClN5/c1-9-6-10(15)8-11(7-9)17-13-18-12(16)19-14(20-13)21-4-2-3-5-21/h6-8H,2-5H2,1H3,(H,17,18,19,20). The zero-order valence-electron chi connectivity index (χ0n) is 11.6. The molecule has 21 heavy (non-hydrogen) atoms. The van der Waals surface area contributed by atoms with Crippen LogP contribution >= 0.6 is 27.5 Å². The van der Waals surface area contributed by atoms with Crippen LogP contribution in [0.25, 0.3) is 0 Å². The fourth-order valence-corrected chi connectivity index (χ4v) is 3.16. The lowest BCUT2D eigenvalue weighted by atomic mass is 10.2. The second-order valence-corrected chi connectivity index (χ2v) is 6.32. The molecule has 1 fully saturated rings. The third kappa shape index (κ3) is 3.63. The highest BCUT2D eigenvalue weighted by Gasteiger charge is 2.17. The van der Waals surface area contributed by atoms with Crippen molar-refractivity contribution < 1.29 is 0 Å². The highest BCUT2D eigenvalue weighted by molar-refractivity contribution is 9.10. The first-order chi connectivity index (χ1) is 10.1. The molecule has 1 aliphatic rings. The maximum Gasteiger partial charge on any atom is 0.233 e. The SMILES string of the molecule is Cc1cc(Br)cc(Nc2nc(Cl)nc(N3CCCC3)n2)c1. The monoisotopic (exact) mass is 367 g/mol. The van der Waals surface area contributed by atoms with Crippen molar-refractivity contribution in [2.24, 2.45) is 0 Å². The average Bonchev–Trinajstić information content (AvgIpc) is 2.90. The zero-order chi connectivity index (χ0) is 14.8. The van der Waals surface area contributed by atoms with Gasteiger partial charge in [0.1, 0.15) is 0 Å². The van der Waals surface area contributed by atoms with Gasteiger partial charge in [-0.25, -0.2) is 0 Å². The van der Waals surface area contributed by atoms with Gasteiger partial charge >= 0.3 is 0 Å². The van der Waals surface area contributed by atoms with E-state index in [4.69, 9.17) is 11.6 Å². The van der Waals surface area contributed by atoms with Crippen LogP contribution in [0.2, 0.25) is 5.28 Å². The van der Waals surface area contributed by atoms with Crippen LogP contribution < -0.4 is 10.2 Å². The lowest BCUT2D eigenvalue weighted by Crippen LogP contribution is -2.21. The Bertz CT molecular complexity index is 638. The Morgan fingerprint density at radius 3 is 2.62 bits per heavy atom. The molecule has 1 aromatic heterocycles. The summed E-state index contributed by atoms with van der Waals surface area (Å²) in [5.74, 6) is 1.11. The van der Waals surface area contributed by atoms with E-state index in [-0.39, 0.29) is 5.28 Å². The number of halogens is 2. The Morgan fingerprint density at radius 1 is 1.14 bits per heavy atom. The highest BCUT2D eigenvalue weighted by atomic mass is 79.9. The molecule has 5 nitrogen and oxygen atoms in total. The van der Waals surface area contributed by atoms with Crippen molar-refractivity contribution in [3.63, 3.8) is 0 Å². The van der Waals surface area contributed by atoms with Crippen LogP contribution in [0.1, 0.15) is 18.4 Å². The summed E-state index contributed by atoms with van der Waals surface area (Å²) in [6.45, 7) is 3.97. The van der Waals surface area contributed by atoms with Crippen LogP contribution in [0.4, 0.5) is 17.6 Å². The molecule has 0 saturated carbocycles. The molecule has 0 radical (unpaired) electrons. The molecule has 2 aromatic rings. The Labute approximate surface area is 136 Å². The number of aromatic nitrogens is 3. The molecule has 0 spiro atoms. The largest absolute Gasteiger partial charge is 0.341 e. The number of anilines is 3. The van der Waals surface area contributed by atoms with Crippen LogP contribution in [0.5, 0.6) is 0 Å². The van der Waals surface area contributed by atoms with Gasteiger partial charge in [0.15, 0.2) is 0 Å². The minimum absolute atomic E-state index is 0.209. The molecule has 1 saturated heterocycles. The molecule has 7 heteroatoms. The van der Waals surface area contributed by atoms with Gasteiger partial charge in [0.2, 0.25) is 17.2 Å². The third-order valence-corrected chi connectivity index (χ3v) is 3.91. The predicted molar refractivity (Wildman–Crippen MR) is 88.4 cm³/mol. The summed E-state index contributed by atoms with van der Waals surface area (Å²) < 4.78 is 1.00. The minimum atomic E-state index is 0.209. The van der Waals surface area contributed by atoms with Crippen LogP contribution in [0.15, 0.2) is 22.7 Å². The Hall–Kier alpha value is -1.40. The van der Waals surface area contributed by atoms with Crippen molar-refractivity contribution in [3.05, 3.63) is 33.5 Å². The number of hydrogen-bond acceptors (Lipinski definition) is 5. The zero-order valence-corrected chi connectivity index (χ0v) is 13.9. The number of hydrogen-bond donors (Lipinski definition) is 1. The first-order valence-electron chi connectivity index (χ1n) is 6.81. The summed E-state index contributed by atoms with van der Waals surface area (Å²) in [6.07, 6.45) is 2.33. The van der Waals surface area contributed by atoms with E-state index < -0.39 is 0 Å². The maximum atomic E-state index is 6.02. The summed E-state index contributed by atoms with van der Waals surface area (Å²) >= 11 is 9.50. The van der Waals surface area contributed by atoms with Crippen molar-refractivity contribution in [2.45, 2.75) is 19.8 Å². The summed E-state index contributed by atoms with van der Waals surface area (Å²) in [5, 5.41) is 3.40. The van der Waals surface area contributed by atoms with E-state index in [0.29, 0.717) is 11.9 Å². The van der Waals surface area contributed by atoms with E-state index in [1.54, 1.807) is 0 Å². The van der Waals surface area contributed by atoms with E-state index in [9.17, 15) is 0 Å². The van der Waals surface area contributed by atoms with Crippen molar-refractivity contribution in [2.75, 3.05) is 23.3 Å². The van der Waals surface area contributed by atoms with Crippen molar-refractivity contribution in [1.82, 2.24) is 15.0 Å². The van der Waals surface area contributed by atoms with E-state index in [0.717, 1.165) is 41.7 Å². The molecule has 0 bridgehead atoms. The average molecular weight is 369 g/mol. The van der Waals surface area contributed by atoms with Crippen molar-refractivity contribution >= 4 is 45.1 Å². The topological polar surface area (TPSA) is 53.9 Å². The normalized spacial score (nSPS) is 14.5. The highest BCUT2D eigenvalue weighted by Crippen LogP contribution is 2.23. The molecule has 3 rings (SSSR count). The second kappa shape index (κ2) is 6.15. The lowest BCUT2D eigenvalue weighted by Gasteiger charge is -2.16. The molecule has 0 aliphatic carbocycles. The fraction of sp³-hybridized carbons (Fsp3) is 0.357. The number of rotatable bonds is 3. The Balaban J connectivity index is 1.87. The molecular weight excluding hydrogens is 354 g/mol. The predicted octanol–water partition coefficient (Wildman–Crippen LogP) is 3.94. The van der Waals surface area contributed by atoms with Gasteiger partial charge in [-0.15, -0.1) is 0 Å². The van der Waals surface area contributed by atoms with E-state index in [1.807, 2.05) is 25.1 Å². The quantitative estimate of drug-likeness (QED) is 0.889. The van der Waals surface area contributed by atoms with E-state index >= 15 is 0 Å². The van der Waals surface area contributed by atoms with Crippen molar-refractivity contribution in [1.29, 1.82) is 0 Å². The van der Waals surface area contributed by atoms with Crippen LogP contribution in [0.3, 0.4) is 0 Å². The molecule has 0 amide bonds. The minimum Gasteiger partial charge on any atom is -0.341 e. The van der Waals surface area contributed by atoms with E-state index in [1.165, 1.54) is 0 Å². The van der Waals surface area contributed by atoms with Crippen LogP contribution in [0, 0.1) is 6.92 Å². The number of benzene rings is 1. The maximum absolute atomic E-state index is 6.02. The van der Waals surface area contributed by atoms with Gasteiger partial charge in [0.05, 0.1) is 0 Å². The van der Waals surface area contributed by atoms with Gasteiger partial charge in [-0.1, -0.05) is 15.9 Å². The molecule has 2 heterocycles.